The maximum absolute atomic E-state index is 10.7. The molecule has 1 N–H and O–H groups in total. The van der Waals surface area contributed by atoms with Crippen molar-refractivity contribution in [1.82, 2.24) is 19.7 Å². The third-order valence-corrected chi connectivity index (χ3v) is 8.41. The standard InChI is InChI=1S/C25H28N6O2/c1-22(2,32)25(33-3)8-9-30(15-25)20-11-21(28-16-27-20)31-19-10-18(5-4-17(19)12-29-31)24(14-26)13-23(24)6-7-23/h4-5,10-12,16,32H,6-9,13,15H2,1-3H3/t24-,25-/m0/s1. The molecule has 3 aliphatic rings. The van der Waals surface area contributed by atoms with Gasteiger partial charge < -0.3 is 14.7 Å². The summed E-state index contributed by atoms with van der Waals surface area (Å²) in [6.07, 6.45) is 7.35. The smallest absolute Gasteiger partial charge is 0.159 e. The number of anilines is 1. The molecule has 0 unspecified atom stereocenters. The van der Waals surface area contributed by atoms with Crippen LogP contribution in [0.25, 0.3) is 16.7 Å². The lowest BCUT2D eigenvalue weighted by Crippen LogP contribution is -2.53. The van der Waals surface area contributed by atoms with Gasteiger partial charge in [0.05, 0.1) is 35.3 Å². The molecule has 1 spiro atoms. The van der Waals surface area contributed by atoms with Gasteiger partial charge in [0.15, 0.2) is 5.82 Å². The van der Waals surface area contributed by atoms with Crippen LogP contribution < -0.4 is 4.90 Å². The molecular formula is C25H28N6O2. The van der Waals surface area contributed by atoms with Crippen LogP contribution in [0.15, 0.2) is 36.8 Å². The van der Waals surface area contributed by atoms with Crippen LogP contribution in [0.5, 0.6) is 0 Å². The van der Waals surface area contributed by atoms with E-state index in [0.717, 1.165) is 48.1 Å². The quantitative estimate of drug-likeness (QED) is 0.645. The maximum atomic E-state index is 10.7. The Labute approximate surface area is 192 Å². The van der Waals surface area contributed by atoms with Crippen molar-refractivity contribution >= 4 is 16.7 Å². The van der Waals surface area contributed by atoms with Gasteiger partial charge in [0.2, 0.25) is 0 Å². The van der Waals surface area contributed by atoms with Gasteiger partial charge in [0.1, 0.15) is 17.7 Å². The number of aliphatic hydroxyl groups is 1. The van der Waals surface area contributed by atoms with Crippen LogP contribution in [0, 0.1) is 16.7 Å². The van der Waals surface area contributed by atoms with Gasteiger partial charge in [0, 0.05) is 25.1 Å². The van der Waals surface area contributed by atoms with E-state index in [4.69, 9.17) is 4.74 Å². The highest BCUT2D eigenvalue weighted by Gasteiger charge is 2.75. The Balaban J connectivity index is 1.35. The van der Waals surface area contributed by atoms with E-state index in [9.17, 15) is 10.4 Å². The zero-order valence-corrected chi connectivity index (χ0v) is 19.2. The van der Waals surface area contributed by atoms with Gasteiger partial charge in [-0.25, -0.2) is 14.6 Å². The van der Waals surface area contributed by atoms with Crippen molar-refractivity contribution in [3.63, 3.8) is 0 Å². The Morgan fingerprint density at radius 3 is 2.58 bits per heavy atom. The maximum Gasteiger partial charge on any atom is 0.159 e. The van der Waals surface area contributed by atoms with Gasteiger partial charge in [-0.05, 0) is 56.6 Å². The molecule has 3 fully saturated rings. The van der Waals surface area contributed by atoms with Crippen LogP contribution in [0.2, 0.25) is 0 Å². The van der Waals surface area contributed by atoms with Gasteiger partial charge >= 0.3 is 0 Å². The molecule has 0 radical (unpaired) electrons. The molecule has 1 aliphatic heterocycles. The first-order valence-electron chi connectivity index (χ1n) is 11.5. The van der Waals surface area contributed by atoms with Gasteiger partial charge in [-0.2, -0.15) is 10.4 Å². The molecule has 2 atom stereocenters. The number of nitriles is 1. The molecule has 6 rings (SSSR count). The summed E-state index contributed by atoms with van der Waals surface area (Å²) in [5.74, 6) is 1.45. The molecular weight excluding hydrogens is 416 g/mol. The van der Waals surface area contributed by atoms with Crippen molar-refractivity contribution in [1.29, 1.82) is 5.26 Å². The van der Waals surface area contributed by atoms with Crippen LogP contribution in [-0.2, 0) is 10.2 Å². The molecule has 8 nitrogen and oxygen atoms in total. The van der Waals surface area contributed by atoms with Crippen molar-refractivity contribution in [2.75, 3.05) is 25.1 Å². The third-order valence-electron chi connectivity index (χ3n) is 8.41. The molecule has 3 aromatic rings. The lowest BCUT2D eigenvalue weighted by atomic mass is 9.85. The second-order valence-electron chi connectivity index (χ2n) is 10.5. The van der Waals surface area contributed by atoms with Crippen LogP contribution in [0.3, 0.4) is 0 Å². The monoisotopic (exact) mass is 444 g/mol. The van der Waals surface area contributed by atoms with Crippen molar-refractivity contribution < 1.29 is 9.84 Å². The molecule has 170 valence electrons. The number of aromatic nitrogens is 4. The number of fused-ring (bicyclic) bond motifs is 1. The number of methoxy groups -OCH3 is 1. The molecule has 3 heterocycles. The molecule has 33 heavy (non-hydrogen) atoms. The Kier molecular flexibility index (Phi) is 4.07. The van der Waals surface area contributed by atoms with Crippen molar-refractivity contribution in [3.8, 4) is 11.9 Å². The van der Waals surface area contributed by atoms with Gasteiger partial charge in [-0.3, -0.25) is 0 Å². The summed E-state index contributed by atoms with van der Waals surface area (Å²) in [5.41, 5.74) is 0.272. The molecule has 0 amide bonds. The van der Waals surface area contributed by atoms with E-state index in [-0.39, 0.29) is 10.8 Å². The normalized spacial score (nSPS) is 27.8. The fourth-order valence-corrected chi connectivity index (χ4v) is 5.83. The fraction of sp³-hybridized carbons (Fsp3) is 0.520. The van der Waals surface area contributed by atoms with E-state index in [1.54, 1.807) is 27.3 Å². The predicted molar refractivity (Wildman–Crippen MR) is 123 cm³/mol. The number of hydrogen-bond donors (Lipinski definition) is 1. The lowest BCUT2D eigenvalue weighted by Gasteiger charge is -2.39. The van der Waals surface area contributed by atoms with E-state index in [1.807, 2.05) is 16.9 Å². The molecule has 1 saturated heterocycles. The first-order chi connectivity index (χ1) is 15.8. The van der Waals surface area contributed by atoms with Crippen molar-refractivity contribution in [2.45, 2.75) is 56.1 Å². The highest BCUT2D eigenvalue weighted by atomic mass is 16.5. The van der Waals surface area contributed by atoms with Crippen LogP contribution >= 0.6 is 0 Å². The second kappa shape index (κ2) is 6.52. The van der Waals surface area contributed by atoms with Crippen LogP contribution in [0.4, 0.5) is 5.82 Å². The largest absolute Gasteiger partial charge is 0.387 e. The average molecular weight is 445 g/mol. The summed E-state index contributed by atoms with van der Waals surface area (Å²) in [7, 11) is 1.65. The van der Waals surface area contributed by atoms with E-state index in [2.05, 4.69) is 44.2 Å². The zero-order valence-electron chi connectivity index (χ0n) is 19.2. The lowest BCUT2D eigenvalue weighted by molar-refractivity contribution is -0.138. The van der Waals surface area contributed by atoms with Gasteiger partial charge in [0.25, 0.3) is 0 Å². The molecule has 8 heteroatoms. The zero-order chi connectivity index (χ0) is 23.1. The first-order valence-corrected chi connectivity index (χ1v) is 11.5. The molecule has 2 aliphatic carbocycles. The molecule has 1 aromatic carbocycles. The van der Waals surface area contributed by atoms with E-state index in [0.29, 0.717) is 18.8 Å². The molecule has 0 bridgehead atoms. The van der Waals surface area contributed by atoms with Gasteiger partial charge in [-0.15, -0.1) is 0 Å². The van der Waals surface area contributed by atoms with E-state index >= 15 is 0 Å². The topological polar surface area (TPSA) is 100 Å². The highest BCUT2D eigenvalue weighted by molar-refractivity contribution is 5.82. The van der Waals surface area contributed by atoms with Gasteiger partial charge in [-0.1, -0.05) is 12.1 Å². The minimum atomic E-state index is -0.973. The van der Waals surface area contributed by atoms with Crippen LogP contribution in [-0.4, -0.2) is 56.3 Å². The minimum Gasteiger partial charge on any atom is -0.387 e. The SMILES string of the molecule is CO[C@@]1(C(C)(C)O)CCN(c2cc(-n3ncc4ccc([C@@]5(C#N)CC56CC6)cc43)ncn2)C1. The second-order valence-corrected chi connectivity index (χ2v) is 10.5. The van der Waals surface area contributed by atoms with Crippen molar-refractivity contribution in [3.05, 3.63) is 42.4 Å². The number of nitrogens with zero attached hydrogens (tertiary/aromatic N) is 6. The number of benzene rings is 1. The molecule has 2 aromatic heterocycles. The number of ether oxygens (including phenoxy) is 1. The number of rotatable bonds is 5. The summed E-state index contributed by atoms with van der Waals surface area (Å²) < 4.78 is 7.61. The fourth-order valence-electron chi connectivity index (χ4n) is 5.83. The summed E-state index contributed by atoms with van der Waals surface area (Å²) >= 11 is 0. The summed E-state index contributed by atoms with van der Waals surface area (Å²) in [6, 6.07) is 10.8. The van der Waals surface area contributed by atoms with Crippen molar-refractivity contribution in [2.24, 2.45) is 5.41 Å². The number of hydrogen-bond acceptors (Lipinski definition) is 7. The first kappa shape index (κ1) is 20.6. The average Bonchev–Trinajstić information content (AvgIpc) is 3.58. The highest BCUT2D eigenvalue weighted by Crippen LogP contribution is 2.78. The minimum absolute atomic E-state index is 0.215. The summed E-state index contributed by atoms with van der Waals surface area (Å²) in [5, 5.41) is 26.3. The van der Waals surface area contributed by atoms with Crippen LogP contribution in [0.1, 0.15) is 45.1 Å². The Hall–Kier alpha value is -3.02. The molecule has 2 saturated carbocycles. The van der Waals surface area contributed by atoms with E-state index in [1.165, 1.54) is 0 Å². The summed E-state index contributed by atoms with van der Waals surface area (Å²) in [4.78, 5) is 11.1. The predicted octanol–water partition coefficient (Wildman–Crippen LogP) is 3.13. The Morgan fingerprint density at radius 1 is 1.15 bits per heavy atom. The Morgan fingerprint density at radius 2 is 1.94 bits per heavy atom. The third kappa shape index (κ3) is 2.79. The van der Waals surface area contributed by atoms with E-state index < -0.39 is 11.2 Å². The Bertz CT molecular complexity index is 1300. The summed E-state index contributed by atoms with van der Waals surface area (Å²) in [6.45, 7) is 4.85.